The first-order valence-electron chi connectivity index (χ1n) is 8.03. The van der Waals surface area contributed by atoms with Crippen LogP contribution in [0, 0.1) is 0 Å². The Labute approximate surface area is 153 Å². The second-order valence-corrected chi connectivity index (χ2v) is 7.61. The Morgan fingerprint density at radius 3 is 2.23 bits per heavy atom. The van der Waals surface area contributed by atoms with Gasteiger partial charge >= 0.3 is 0 Å². The predicted octanol–water partition coefficient (Wildman–Crippen LogP) is 1.20. The molecule has 140 valence electrons. The molecule has 3 N–H and O–H groups in total. The van der Waals surface area contributed by atoms with Crippen LogP contribution in [0.2, 0.25) is 0 Å². The first-order chi connectivity index (χ1) is 12.3. The number of nitrogens with zero attached hydrogens (tertiary/aromatic N) is 1. The average molecular weight is 377 g/mol. The summed E-state index contributed by atoms with van der Waals surface area (Å²) in [7, 11) is 0.205. The molecule has 0 aromatic heterocycles. The van der Waals surface area contributed by atoms with E-state index in [1.807, 2.05) is 43.3 Å². The highest BCUT2D eigenvalue weighted by Gasteiger charge is 2.10. The summed E-state index contributed by atoms with van der Waals surface area (Å²) < 4.78 is 28.0. The molecular weight excluding hydrogens is 354 g/mol. The standard InChI is InChI=1S/C18H23N3O4S/c1-21(2)11-12-25-16-7-3-14(4-8-16)13-20-18(22)15-5-9-17(10-6-15)26(19,23)24/h3-10H,11-13H2,1-2H3,(H,20,22)(H2,19,23,24). The van der Waals surface area contributed by atoms with Crippen LogP contribution < -0.4 is 15.2 Å². The number of hydrogen-bond acceptors (Lipinski definition) is 5. The summed E-state index contributed by atoms with van der Waals surface area (Å²) in [4.78, 5) is 14.1. The van der Waals surface area contributed by atoms with Crippen molar-refractivity contribution in [2.24, 2.45) is 5.14 Å². The molecule has 2 aromatic rings. The van der Waals surface area contributed by atoms with Crippen molar-refractivity contribution >= 4 is 15.9 Å². The summed E-state index contributed by atoms with van der Waals surface area (Å²) in [5.41, 5.74) is 1.29. The Kier molecular flexibility index (Phi) is 6.73. The quantitative estimate of drug-likeness (QED) is 0.720. The molecule has 0 atom stereocenters. The number of sulfonamides is 1. The van der Waals surface area contributed by atoms with Gasteiger partial charge in [0.15, 0.2) is 0 Å². The van der Waals surface area contributed by atoms with Gasteiger partial charge in [0, 0.05) is 18.7 Å². The maximum atomic E-state index is 12.1. The van der Waals surface area contributed by atoms with Crippen LogP contribution in [0.4, 0.5) is 0 Å². The molecular formula is C18H23N3O4S. The molecule has 0 spiro atoms. The van der Waals surface area contributed by atoms with E-state index >= 15 is 0 Å². The van der Waals surface area contributed by atoms with Crippen LogP contribution in [0.25, 0.3) is 0 Å². The molecule has 0 aliphatic carbocycles. The molecule has 0 fully saturated rings. The van der Waals surface area contributed by atoms with Crippen LogP contribution in [0.3, 0.4) is 0 Å². The fourth-order valence-electron chi connectivity index (χ4n) is 2.13. The number of carbonyl (C=O) groups excluding carboxylic acids is 1. The fraction of sp³-hybridized carbons (Fsp3) is 0.278. The molecule has 0 unspecified atom stereocenters. The minimum absolute atomic E-state index is 0.0288. The van der Waals surface area contributed by atoms with Crippen LogP contribution in [0.15, 0.2) is 53.4 Å². The van der Waals surface area contributed by atoms with Crippen LogP contribution >= 0.6 is 0 Å². The smallest absolute Gasteiger partial charge is 0.251 e. The molecule has 8 heteroatoms. The number of carbonyl (C=O) groups is 1. The minimum atomic E-state index is -3.76. The highest BCUT2D eigenvalue weighted by Crippen LogP contribution is 2.13. The third-order valence-electron chi connectivity index (χ3n) is 3.63. The maximum absolute atomic E-state index is 12.1. The summed E-state index contributed by atoms with van der Waals surface area (Å²) in [6.45, 7) is 1.80. The highest BCUT2D eigenvalue weighted by molar-refractivity contribution is 7.89. The normalized spacial score (nSPS) is 11.4. The van der Waals surface area contributed by atoms with Gasteiger partial charge in [0.05, 0.1) is 4.90 Å². The number of likely N-dealkylation sites (N-methyl/N-ethyl adjacent to an activating group) is 1. The zero-order valence-corrected chi connectivity index (χ0v) is 15.6. The summed E-state index contributed by atoms with van der Waals surface area (Å²) in [5.74, 6) is 0.484. The molecule has 0 saturated carbocycles. The molecule has 26 heavy (non-hydrogen) atoms. The van der Waals surface area contributed by atoms with Gasteiger partial charge in [-0.25, -0.2) is 13.6 Å². The Morgan fingerprint density at radius 1 is 1.08 bits per heavy atom. The van der Waals surface area contributed by atoms with Crippen LogP contribution in [0.5, 0.6) is 5.75 Å². The van der Waals surface area contributed by atoms with Gasteiger partial charge in [0.25, 0.3) is 5.91 Å². The van der Waals surface area contributed by atoms with Crippen molar-refractivity contribution in [3.8, 4) is 5.75 Å². The Bertz CT molecular complexity index is 832. The van der Waals surface area contributed by atoms with Crippen molar-refractivity contribution in [2.75, 3.05) is 27.2 Å². The largest absolute Gasteiger partial charge is 0.492 e. The van der Waals surface area contributed by atoms with E-state index in [4.69, 9.17) is 9.88 Å². The van der Waals surface area contributed by atoms with Gasteiger partial charge in [0.1, 0.15) is 12.4 Å². The molecule has 0 aliphatic rings. The monoisotopic (exact) mass is 377 g/mol. The lowest BCUT2D eigenvalue weighted by Crippen LogP contribution is -2.23. The number of amides is 1. The van der Waals surface area contributed by atoms with Crippen LogP contribution in [-0.4, -0.2) is 46.5 Å². The Balaban J connectivity index is 1.87. The summed E-state index contributed by atoms with van der Waals surface area (Å²) in [6, 6.07) is 13.0. The molecule has 0 aliphatic heterocycles. The van der Waals surface area contributed by atoms with Gasteiger partial charge < -0.3 is 15.0 Å². The van der Waals surface area contributed by atoms with E-state index in [1.165, 1.54) is 24.3 Å². The van der Waals surface area contributed by atoms with Crippen molar-refractivity contribution in [3.05, 3.63) is 59.7 Å². The molecule has 2 aromatic carbocycles. The lowest BCUT2D eigenvalue weighted by Gasteiger charge is -2.11. The van der Waals surface area contributed by atoms with E-state index in [0.717, 1.165) is 17.9 Å². The Hall–Kier alpha value is -2.42. The summed E-state index contributed by atoms with van der Waals surface area (Å²) >= 11 is 0. The van der Waals surface area contributed by atoms with E-state index in [1.54, 1.807) is 0 Å². The molecule has 2 rings (SSSR count). The number of ether oxygens (including phenoxy) is 1. The molecule has 7 nitrogen and oxygen atoms in total. The predicted molar refractivity (Wildman–Crippen MR) is 99.5 cm³/mol. The second-order valence-electron chi connectivity index (χ2n) is 6.05. The zero-order valence-electron chi connectivity index (χ0n) is 14.8. The van der Waals surface area contributed by atoms with Gasteiger partial charge in [-0.1, -0.05) is 12.1 Å². The summed E-state index contributed by atoms with van der Waals surface area (Å²) in [6.07, 6.45) is 0. The third-order valence-corrected chi connectivity index (χ3v) is 4.56. The fourth-order valence-corrected chi connectivity index (χ4v) is 2.65. The van der Waals surface area contributed by atoms with Gasteiger partial charge in [0.2, 0.25) is 10.0 Å². The molecule has 0 saturated heterocycles. The van der Waals surface area contributed by atoms with E-state index in [9.17, 15) is 13.2 Å². The van der Waals surface area contributed by atoms with E-state index < -0.39 is 10.0 Å². The van der Waals surface area contributed by atoms with Gasteiger partial charge in [-0.2, -0.15) is 0 Å². The lowest BCUT2D eigenvalue weighted by molar-refractivity contribution is 0.0951. The molecule has 1 amide bonds. The number of hydrogen-bond donors (Lipinski definition) is 2. The van der Waals surface area contributed by atoms with Crippen molar-refractivity contribution in [3.63, 3.8) is 0 Å². The first-order valence-corrected chi connectivity index (χ1v) is 9.58. The molecule has 0 bridgehead atoms. The van der Waals surface area contributed by atoms with E-state index in [-0.39, 0.29) is 10.8 Å². The van der Waals surface area contributed by atoms with E-state index in [0.29, 0.717) is 18.7 Å². The van der Waals surface area contributed by atoms with Crippen LogP contribution in [-0.2, 0) is 16.6 Å². The first kappa shape index (κ1) is 19.9. The topological polar surface area (TPSA) is 102 Å². The van der Waals surface area contributed by atoms with E-state index in [2.05, 4.69) is 5.32 Å². The van der Waals surface area contributed by atoms with Gasteiger partial charge in [-0.05, 0) is 56.1 Å². The van der Waals surface area contributed by atoms with Crippen LogP contribution in [0.1, 0.15) is 15.9 Å². The van der Waals surface area contributed by atoms with Crippen molar-refractivity contribution in [1.29, 1.82) is 0 Å². The number of primary sulfonamides is 1. The third kappa shape index (κ3) is 6.14. The van der Waals surface area contributed by atoms with Crippen molar-refractivity contribution < 1.29 is 17.9 Å². The minimum Gasteiger partial charge on any atom is -0.492 e. The zero-order chi connectivity index (χ0) is 19.2. The second kappa shape index (κ2) is 8.79. The number of benzene rings is 2. The van der Waals surface area contributed by atoms with Crippen molar-refractivity contribution in [1.82, 2.24) is 10.2 Å². The highest BCUT2D eigenvalue weighted by atomic mass is 32.2. The van der Waals surface area contributed by atoms with Gasteiger partial charge in [-0.15, -0.1) is 0 Å². The lowest BCUT2D eigenvalue weighted by atomic mass is 10.2. The number of rotatable bonds is 8. The summed E-state index contributed by atoms with van der Waals surface area (Å²) in [5, 5.41) is 7.82. The van der Waals surface area contributed by atoms with Crippen molar-refractivity contribution in [2.45, 2.75) is 11.4 Å². The Morgan fingerprint density at radius 2 is 1.69 bits per heavy atom. The maximum Gasteiger partial charge on any atom is 0.251 e. The number of nitrogens with two attached hydrogens (primary N) is 1. The average Bonchev–Trinajstić information content (AvgIpc) is 2.60. The molecule has 0 radical (unpaired) electrons. The molecule has 0 heterocycles. The van der Waals surface area contributed by atoms with Gasteiger partial charge in [-0.3, -0.25) is 4.79 Å². The SMILES string of the molecule is CN(C)CCOc1ccc(CNC(=O)c2ccc(S(N)(=O)=O)cc2)cc1. The number of nitrogens with one attached hydrogen (secondary N) is 1.